The first-order valence-corrected chi connectivity index (χ1v) is 12.8. The average Bonchev–Trinajstić information content (AvgIpc) is 3.38. The van der Waals surface area contributed by atoms with Crippen LogP contribution in [-0.4, -0.2) is 38.8 Å². The fourth-order valence-corrected chi connectivity index (χ4v) is 6.47. The Labute approximate surface area is 199 Å². The van der Waals surface area contributed by atoms with E-state index in [4.69, 9.17) is 12.2 Å². The predicted octanol–water partition coefficient (Wildman–Crippen LogP) is 4.43. The molecule has 4 rings (SSSR count). The van der Waals surface area contributed by atoms with Crippen LogP contribution < -0.4 is 10.5 Å². The highest BCUT2D eigenvalue weighted by molar-refractivity contribution is 8.26. The van der Waals surface area contributed by atoms with Gasteiger partial charge in [-0.15, -0.1) is 0 Å². The summed E-state index contributed by atoms with van der Waals surface area (Å²) < 4.78 is 2.31. The van der Waals surface area contributed by atoms with Crippen LogP contribution in [0.25, 0.3) is 6.08 Å². The highest BCUT2D eigenvalue weighted by Gasteiger charge is 2.38. The van der Waals surface area contributed by atoms with Crippen molar-refractivity contribution in [2.24, 2.45) is 5.92 Å². The van der Waals surface area contributed by atoms with Gasteiger partial charge >= 0.3 is 0 Å². The van der Waals surface area contributed by atoms with E-state index in [1.807, 2.05) is 19.9 Å². The van der Waals surface area contributed by atoms with Crippen molar-refractivity contribution in [2.75, 3.05) is 18.0 Å². The monoisotopic (exact) mass is 470 g/mol. The number of amides is 1. The number of carbonyl (C=O) groups is 1. The van der Waals surface area contributed by atoms with Crippen molar-refractivity contribution >= 4 is 46.1 Å². The van der Waals surface area contributed by atoms with Crippen LogP contribution in [0.3, 0.4) is 0 Å². The van der Waals surface area contributed by atoms with Crippen LogP contribution in [0, 0.1) is 24.2 Å². The van der Waals surface area contributed by atoms with Crippen LogP contribution in [0.2, 0.25) is 0 Å². The Morgan fingerprint density at radius 1 is 1.19 bits per heavy atom. The Balaban J connectivity index is 1.84. The van der Waals surface area contributed by atoms with Crippen LogP contribution in [0.15, 0.2) is 9.70 Å². The van der Waals surface area contributed by atoms with Crippen LogP contribution in [0.4, 0.5) is 5.82 Å². The smallest absolute Gasteiger partial charge is 0.270 e. The number of anilines is 1. The maximum absolute atomic E-state index is 13.3. The largest absolute Gasteiger partial charge is 0.357 e. The number of nitrogens with zero attached hydrogens (tertiary/aromatic N) is 4. The number of rotatable bonds is 4. The molecule has 2 saturated heterocycles. The summed E-state index contributed by atoms with van der Waals surface area (Å²) in [5.41, 5.74) is 1.33. The van der Waals surface area contributed by atoms with Gasteiger partial charge in [0.15, 0.2) is 0 Å². The summed E-state index contributed by atoms with van der Waals surface area (Å²) in [6.07, 6.45) is 8.24. The third-order valence-electron chi connectivity index (χ3n) is 7.03. The van der Waals surface area contributed by atoms with Gasteiger partial charge in [-0.1, -0.05) is 43.7 Å². The molecule has 3 aliphatic rings. The molecule has 6 nitrogen and oxygen atoms in total. The first kappa shape index (κ1) is 23.1. The summed E-state index contributed by atoms with van der Waals surface area (Å²) in [5, 5.41) is 9.72. The zero-order valence-corrected chi connectivity index (χ0v) is 20.7. The van der Waals surface area contributed by atoms with E-state index in [9.17, 15) is 14.9 Å². The normalized spacial score (nSPS) is 21.8. The Kier molecular flexibility index (Phi) is 6.78. The van der Waals surface area contributed by atoms with Gasteiger partial charge in [-0.2, -0.15) is 5.26 Å². The minimum atomic E-state index is -0.253. The van der Waals surface area contributed by atoms with Gasteiger partial charge in [-0.25, -0.2) is 0 Å². The SMILES string of the molecule is CCn1c(N2CCC(C)CC2)c(C=C2SC(=S)N(C3CCCC3)C2=O)c(C)c(C#N)c1=O. The molecule has 0 aromatic carbocycles. The maximum Gasteiger partial charge on any atom is 0.270 e. The Hall–Kier alpha value is -2.11. The van der Waals surface area contributed by atoms with Gasteiger partial charge in [-0.05, 0) is 57.1 Å². The number of hydrogen-bond donors (Lipinski definition) is 0. The zero-order chi connectivity index (χ0) is 23.0. The summed E-state index contributed by atoms with van der Waals surface area (Å²) in [6, 6.07) is 2.30. The summed E-state index contributed by atoms with van der Waals surface area (Å²) in [7, 11) is 0. The van der Waals surface area contributed by atoms with E-state index in [1.54, 1.807) is 9.47 Å². The summed E-state index contributed by atoms with van der Waals surface area (Å²) >= 11 is 6.92. The minimum absolute atomic E-state index is 0.0442. The first-order chi connectivity index (χ1) is 15.4. The Morgan fingerprint density at radius 2 is 1.84 bits per heavy atom. The number of hydrogen-bond acceptors (Lipinski definition) is 6. The van der Waals surface area contributed by atoms with Crippen molar-refractivity contribution in [3.8, 4) is 6.07 Å². The van der Waals surface area contributed by atoms with Crippen molar-refractivity contribution in [3.63, 3.8) is 0 Å². The van der Waals surface area contributed by atoms with E-state index < -0.39 is 0 Å². The van der Waals surface area contributed by atoms with Crippen molar-refractivity contribution in [2.45, 2.75) is 71.9 Å². The Bertz CT molecular complexity index is 1070. The van der Waals surface area contributed by atoms with E-state index >= 15 is 0 Å². The lowest BCUT2D eigenvalue weighted by molar-refractivity contribution is -0.123. The van der Waals surface area contributed by atoms with Gasteiger partial charge in [0, 0.05) is 31.2 Å². The zero-order valence-electron chi connectivity index (χ0n) is 19.0. The van der Waals surface area contributed by atoms with Crippen LogP contribution >= 0.6 is 24.0 Å². The summed E-state index contributed by atoms with van der Waals surface area (Å²) in [6.45, 7) is 8.19. The molecule has 0 radical (unpaired) electrons. The second-order valence-corrected chi connectivity index (χ2v) is 10.7. The topological polar surface area (TPSA) is 69.3 Å². The average molecular weight is 471 g/mol. The second kappa shape index (κ2) is 9.40. The molecule has 0 spiro atoms. The lowest BCUT2D eigenvalue weighted by Crippen LogP contribution is -2.39. The molecule has 8 heteroatoms. The number of thiocarbonyl (C=S) groups is 1. The number of aromatic nitrogens is 1. The number of thioether (sulfide) groups is 1. The van der Waals surface area contributed by atoms with E-state index in [2.05, 4.69) is 17.9 Å². The van der Waals surface area contributed by atoms with Gasteiger partial charge in [0.05, 0.1) is 4.91 Å². The Morgan fingerprint density at radius 3 is 2.44 bits per heavy atom. The van der Waals surface area contributed by atoms with Gasteiger partial charge in [0.25, 0.3) is 11.5 Å². The fraction of sp³-hybridized carbons (Fsp3) is 0.583. The number of nitriles is 1. The van der Waals surface area contributed by atoms with Gasteiger partial charge in [0.2, 0.25) is 0 Å². The molecule has 1 aliphatic carbocycles. The molecule has 2 aliphatic heterocycles. The first-order valence-electron chi connectivity index (χ1n) is 11.6. The molecule has 0 atom stereocenters. The second-order valence-electron chi connectivity index (χ2n) is 9.06. The molecule has 0 unspecified atom stereocenters. The molecule has 170 valence electrons. The van der Waals surface area contributed by atoms with Crippen molar-refractivity contribution < 1.29 is 4.79 Å². The standard InChI is InChI=1S/C24H30N4O2S2/c1-4-27-21(26-11-9-15(2)10-12-26)18(16(3)19(14-25)22(27)29)13-20-23(30)28(24(31)32-20)17-7-5-6-8-17/h13,15,17H,4-12H2,1-3H3. The molecule has 1 aromatic heterocycles. The number of piperidine rings is 1. The molecular weight excluding hydrogens is 440 g/mol. The molecule has 32 heavy (non-hydrogen) atoms. The molecule has 1 saturated carbocycles. The lowest BCUT2D eigenvalue weighted by Gasteiger charge is -2.35. The molecule has 3 fully saturated rings. The third kappa shape index (κ3) is 4.01. The highest BCUT2D eigenvalue weighted by atomic mass is 32.2. The maximum atomic E-state index is 13.3. The number of carbonyl (C=O) groups excluding carboxylic acids is 1. The van der Waals surface area contributed by atoms with Gasteiger partial charge in [0.1, 0.15) is 21.8 Å². The van der Waals surface area contributed by atoms with Gasteiger partial charge < -0.3 is 4.90 Å². The summed E-state index contributed by atoms with van der Waals surface area (Å²) in [4.78, 5) is 31.1. The van der Waals surface area contributed by atoms with Crippen molar-refractivity contribution in [1.82, 2.24) is 9.47 Å². The van der Waals surface area contributed by atoms with Crippen LogP contribution in [-0.2, 0) is 11.3 Å². The van der Waals surface area contributed by atoms with Crippen molar-refractivity contribution in [1.29, 1.82) is 5.26 Å². The van der Waals surface area contributed by atoms with E-state index in [1.165, 1.54) is 11.8 Å². The van der Waals surface area contributed by atoms with Crippen LogP contribution in [0.1, 0.15) is 69.1 Å². The molecule has 1 amide bonds. The van der Waals surface area contributed by atoms with E-state index in [0.717, 1.165) is 63.0 Å². The van der Waals surface area contributed by atoms with Crippen molar-refractivity contribution in [3.05, 3.63) is 31.9 Å². The molecule has 1 aromatic rings. The van der Waals surface area contributed by atoms with E-state index in [-0.39, 0.29) is 23.1 Å². The number of pyridine rings is 1. The quantitative estimate of drug-likeness (QED) is 0.479. The lowest BCUT2D eigenvalue weighted by atomic mass is 9.97. The third-order valence-corrected chi connectivity index (χ3v) is 8.37. The minimum Gasteiger partial charge on any atom is -0.357 e. The molecule has 0 N–H and O–H groups in total. The molecule has 0 bridgehead atoms. The van der Waals surface area contributed by atoms with E-state index in [0.29, 0.717) is 27.3 Å². The van der Waals surface area contributed by atoms with Gasteiger partial charge in [-0.3, -0.25) is 19.1 Å². The molecule has 3 heterocycles. The molecular formula is C24H30N4O2S2. The summed E-state index contributed by atoms with van der Waals surface area (Å²) in [5.74, 6) is 1.43. The predicted molar refractivity (Wildman–Crippen MR) is 134 cm³/mol. The van der Waals surface area contributed by atoms with Crippen LogP contribution in [0.5, 0.6) is 0 Å². The fourth-order valence-electron chi connectivity index (χ4n) is 5.09. The highest BCUT2D eigenvalue weighted by Crippen LogP contribution is 2.39.